The molecule has 3 nitrogen and oxygen atoms in total. The van der Waals surface area contributed by atoms with Gasteiger partial charge in [0, 0.05) is 12.6 Å². The van der Waals surface area contributed by atoms with Crippen molar-refractivity contribution >= 4 is 0 Å². The van der Waals surface area contributed by atoms with Crippen molar-refractivity contribution < 1.29 is 9.57 Å². The summed E-state index contributed by atoms with van der Waals surface area (Å²) in [5.74, 6) is 2.90. The van der Waals surface area contributed by atoms with E-state index in [9.17, 15) is 0 Å². The number of rotatable bonds is 14. The fourth-order valence-corrected chi connectivity index (χ4v) is 4.40. The average Bonchev–Trinajstić information content (AvgIpc) is 2.70. The van der Waals surface area contributed by atoms with Crippen LogP contribution in [-0.2, 0) is 6.42 Å². The molecule has 29 heavy (non-hydrogen) atoms. The quantitative estimate of drug-likeness (QED) is 0.258. The molecule has 1 aliphatic heterocycles. The summed E-state index contributed by atoms with van der Waals surface area (Å²) < 4.78 is 6.40. The Morgan fingerprint density at radius 3 is 2.21 bits per heavy atom. The smallest absolute Gasteiger partial charge is 0.150 e. The first kappa shape index (κ1) is 24.1. The number of nitrogens with one attached hydrogen (secondary N) is 1. The van der Waals surface area contributed by atoms with E-state index >= 15 is 0 Å². The Kier molecular flexibility index (Phi) is 10.9. The third-order valence-electron chi connectivity index (χ3n) is 6.41. The summed E-state index contributed by atoms with van der Waals surface area (Å²) in [5.41, 5.74) is 6.48. The van der Waals surface area contributed by atoms with E-state index in [2.05, 4.69) is 39.2 Å². The van der Waals surface area contributed by atoms with Gasteiger partial charge in [0.05, 0.1) is 6.10 Å². The van der Waals surface area contributed by atoms with Crippen LogP contribution in [0.4, 0.5) is 0 Å². The van der Waals surface area contributed by atoms with Gasteiger partial charge in [0.1, 0.15) is 5.75 Å². The lowest BCUT2D eigenvalue weighted by Gasteiger charge is -2.29. The molecule has 1 aliphatic rings. The summed E-state index contributed by atoms with van der Waals surface area (Å²) >= 11 is 0. The minimum absolute atomic E-state index is 0.387. The molecule has 0 bridgehead atoms. The first-order chi connectivity index (χ1) is 14.0. The van der Waals surface area contributed by atoms with Gasteiger partial charge in [-0.3, -0.25) is 0 Å². The second-order valence-electron chi connectivity index (χ2n) is 9.35. The van der Waals surface area contributed by atoms with Crippen molar-refractivity contribution in [3.63, 3.8) is 0 Å². The van der Waals surface area contributed by atoms with E-state index < -0.39 is 0 Å². The third kappa shape index (κ3) is 8.20. The maximum atomic E-state index is 6.40. The van der Waals surface area contributed by atoms with Gasteiger partial charge in [-0.15, -0.1) is 0 Å². The highest BCUT2D eigenvalue weighted by atomic mass is 16.6. The molecule has 1 aromatic carbocycles. The zero-order valence-corrected chi connectivity index (χ0v) is 19.7. The van der Waals surface area contributed by atoms with Gasteiger partial charge < -0.3 is 9.57 Å². The molecule has 0 spiro atoms. The number of ether oxygens (including phenoxy) is 1. The first-order valence-electron chi connectivity index (χ1n) is 12.2. The molecule has 1 aromatic rings. The van der Waals surface area contributed by atoms with Crippen LogP contribution in [0.2, 0.25) is 0 Å². The molecule has 1 N–H and O–H groups in total. The summed E-state index contributed by atoms with van der Waals surface area (Å²) in [6.07, 6.45) is 17.8. The molecule has 1 atom stereocenters. The van der Waals surface area contributed by atoms with E-state index in [-0.39, 0.29) is 0 Å². The lowest BCUT2D eigenvalue weighted by Crippen LogP contribution is -2.24. The van der Waals surface area contributed by atoms with Gasteiger partial charge >= 0.3 is 0 Å². The van der Waals surface area contributed by atoms with Crippen molar-refractivity contribution in [1.82, 2.24) is 5.48 Å². The zero-order valence-electron chi connectivity index (χ0n) is 19.7. The SMILES string of the molecule is CNOc1cc2c(c(C)c1C)O[C@H](CCCCCCCCCCCC(C)C)CC2. The maximum absolute atomic E-state index is 6.40. The van der Waals surface area contributed by atoms with Gasteiger partial charge in [-0.1, -0.05) is 71.6 Å². The van der Waals surface area contributed by atoms with Gasteiger partial charge in [-0.2, -0.15) is 5.48 Å². The second-order valence-corrected chi connectivity index (χ2v) is 9.35. The van der Waals surface area contributed by atoms with Crippen molar-refractivity contribution in [2.45, 2.75) is 117 Å². The summed E-state index contributed by atoms with van der Waals surface area (Å²) in [6, 6.07) is 2.15. The average molecular weight is 404 g/mol. The number of aryl methyl sites for hydroxylation is 1. The predicted octanol–water partition coefficient (Wildman–Crippen LogP) is 7.46. The summed E-state index contributed by atoms with van der Waals surface area (Å²) in [7, 11) is 1.80. The number of fused-ring (bicyclic) bond motifs is 1. The van der Waals surface area contributed by atoms with Crippen molar-refractivity contribution in [2.24, 2.45) is 5.92 Å². The topological polar surface area (TPSA) is 30.5 Å². The second kappa shape index (κ2) is 13.2. The van der Waals surface area contributed by atoms with Crippen molar-refractivity contribution in [3.8, 4) is 11.5 Å². The minimum Gasteiger partial charge on any atom is -0.490 e. The summed E-state index contributed by atoms with van der Waals surface area (Å²) in [6.45, 7) is 8.92. The van der Waals surface area contributed by atoms with Crippen LogP contribution in [0.25, 0.3) is 0 Å². The molecule has 0 unspecified atom stereocenters. The summed E-state index contributed by atoms with van der Waals surface area (Å²) in [4.78, 5) is 5.55. The molecule has 1 heterocycles. The number of unbranched alkanes of at least 4 members (excludes halogenated alkanes) is 8. The molecule has 3 heteroatoms. The van der Waals surface area contributed by atoms with Crippen LogP contribution in [0.15, 0.2) is 6.07 Å². The lowest BCUT2D eigenvalue weighted by molar-refractivity contribution is 0.157. The normalized spacial score (nSPS) is 16.0. The Balaban J connectivity index is 1.58. The molecule has 0 aromatic heterocycles. The van der Waals surface area contributed by atoms with Gasteiger partial charge in [0.2, 0.25) is 0 Å². The molecular weight excluding hydrogens is 358 g/mol. The van der Waals surface area contributed by atoms with E-state index in [1.54, 1.807) is 7.05 Å². The number of benzene rings is 1. The van der Waals surface area contributed by atoms with E-state index in [1.165, 1.54) is 87.3 Å². The Bertz CT molecular complexity index is 597. The Morgan fingerprint density at radius 1 is 0.966 bits per heavy atom. The number of hydrogen-bond acceptors (Lipinski definition) is 3. The van der Waals surface area contributed by atoms with E-state index in [0.717, 1.165) is 30.3 Å². The van der Waals surface area contributed by atoms with Crippen LogP contribution in [-0.4, -0.2) is 13.2 Å². The molecule has 166 valence electrons. The van der Waals surface area contributed by atoms with E-state index in [0.29, 0.717) is 6.10 Å². The minimum atomic E-state index is 0.387. The zero-order chi connectivity index (χ0) is 21.1. The Morgan fingerprint density at radius 2 is 1.59 bits per heavy atom. The van der Waals surface area contributed by atoms with Crippen LogP contribution in [0, 0.1) is 19.8 Å². The fourth-order valence-electron chi connectivity index (χ4n) is 4.40. The molecule has 2 rings (SSSR count). The highest BCUT2D eigenvalue weighted by Crippen LogP contribution is 2.38. The Hall–Kier alpha value is -1.22. The van der Waals surface area contributed by atoms with Crippen LogP contribution < -0.4 is 15.1 Å². The Labute approximate surface area is 179 Å². The lowest BCUT2D eigenvalue weighted by atomic mass is 9.94. The maximum Gasteiger partial charge on any atom is 0.150 e. The fraction of sp³-hybridized carbons (Fsp3) is 0.769. The molecule has 0 radical (unpaired) electrons. The number of hydrogen-bond donors (Lipinski definition) is 1. The molecule has 0 aliphatic carbocycles. The van der Waals surface area contributed by atoms with Gasteiger partial charge in [0.15, 0.2) is 5.75 Å². The van der Waals surface area contributed by atoms with Crippen molar-refractivity contribution in [2.75, 3.05) is 7.05 Å². The molecular formula is C26H45NO2. The van der Waals surface area contributed by atoms with Crippen LogP contribution >= 0.6 is 0 Å². The van der Waals surface area contributed by atoms with Crippen LogP contribution in [0.5, 0.6) is 11.5 Å². The van der Waals surface area contributed by atoms with Crippen molar-refractivity contribution in [3.05, 3.63) is 22.8 Å². The predicted molar refractivity (Wildman–Crippen MR) is 124 cm³/mol. The largest absolute Gasteiger partial charge is 0.490 e. The highest BCUT2D eigenvalue weighted by molar-refractivity contribution is 5.53. The molecule has 0 amide bonds. The standard InChI is InChI=1S/C26H45NO2/c1-20(2)15-13-11-9-7-6-8-10-12-14-16-24-18-17-23-19-25(29-27-5)21(3)22(4)26(23)28-24/h19-20,24,27H,6-18H2,1-5H3/t24-/m1/s1. The monoisotopic (exact) mass is 403 g/mol. The van der Waals surface area contributed by atoms with Gasteiger partial charge in [-0.05, 0) is 62.6 Å². The third-order valence-corrected chi connectivity index (χ3v) is 6.41. The molecule has 0 saturated carbocycles. The van der Waals surface area contributed by atoms with Crippen LogP contribution in [0.3, 0.4) is 0 Å². The van der Waals surface area contributed by atoms with Gasteiger partial charge in [0.25, 0.3) is 0 Å². The van der Waals surface area contributed by atoms with Crippen molar-refractivity contribution in [1.29, 1.82) is 0 Å². The number of hydroxylamine groups is 1. The highest BCUT2D eigenvalue weighted by Gasteiger charge is 2.23. The molecule has 0 fully saturated rings. The van der Waals surface area contributed by atoms with E-state index in [1.807, 2.05) is 0 Å². The summed E-state index contributed by atoms with van der Waals surface area (Å²) in [5, 5.41) is 0. The first-order valence-corrected chi connectivity index (χ1v) is 12.2. The van der Waals surface area contributed by atoms with E-state index in [4.69, 9.17) is 9.57 Å². The van der Waals surface area contributed by atoms with Crippen LogP contribution in [0.1, 0.15) is 108 Å². The molecule has 0 saturated heterocycles. The van der Waals surface area contributed by atoms with Gasteiger partial charge in [-0.25, -0.2) is 0 Å².